The highest BCUT2D eigenvalue weighted by molar-refractivity contribution is 9.10. The van der Waals surface area contributed by atoms with Gasteiger partial charge in [-0.1, -0.05) is 23.7 Å². The molecule has 0 aliphatic rings. The molecule has 1 aromatic carbocycles. The summed E-state index contributed by atoms with van der Waals surface area (Å²) in [6, 6.07) is 11.9. The predicted octanol–water partition coefficient (Wildman–Crippen LogP) is 3.11. The number of hydrogen-bond acceptors (Lipinski definition) is 3. The Balaban J connectivity index is 2.02. The van der Waals surface area contributed by atoms with Crippen LogP contribution in [0.4, 0.5) is 0 Å². The molecule has 0 amide bonds. The summed E-state index contributed by atoms with van der Waals surface area (Å²) in [5, 5.41) is 0.745. The Labute approximate surface area is 126 Å². The molecule has 0 bridgehead atoms. The van der Waals surface area contributed by atoms with E-state index in [0.717, 1.165) is 33.6 Å². The Hall–Kier alpha value is -0.940. The Morgan fingerprint density at radius 1 is 1.26 bits per heavy atom. The van der Waals surface area contributed by atoms with Crippen LogP contribution in [0.2, 0.25) is 5.02 Å². The number of nitrogens with two attached hydrogens (primary N) is 1. The minimum atomic E-state index is 0.132. The molecule has 5 heteroatoms. The van der Waals surface area contributed by atoms with Gasteiger partial charge in [0.25, 0.3) is 0 Å². The van der Waals surface area contributed by atoms with E-state index in [1.165, 1.54) is 0 Å². The van der Waals surface area contributed by atoms with E-state index in [1.54, 1.807) is 6.20 Å². The standard InChI is InChI=1S/C14H15BrClN3/c15-11-4-5-13(18-9-11)8-14(19-17)7-10-2-1-3-12(16)6-10/h1-6,9,14,19H,7-8,17H2. The van der Waals surface area contributed by atoms with Crippen molar-refractivity contribution in [3.63, 3.8) is 0 Å². The van der Waals surface area contributed by atoms with Crippen LogP contribution in [0.3, 0.4) is 0 Å². The number of benzene rings is 1. The number of halogens is 2. The molecule has 0 aliphatic carbocycles. The molecule has 100 valence electrons. The summed E-state index contributed by atoms with van der Waals surface area (Å²) >= 11 is 9.35. The average molecular weight is 341 g/mol. The van der Waals surface area contributed by atoms with E-state index < -0.39 is 0 Å². The molecule has 3 nitrogen and oxygen atoms in total. The first-order chi connectivity index (χ1) is 9.17. The first-order valence-electron chi connectivity index (χ1n) is 5.98. The van der Waals surface area contributed by atoms with Gasteiger partial charge in [0.1, 0.15) is 0 Å². The number of hydrazine groups is 1. The topological polar surface area (TPSA) is 50.9 Å². The van der Waals surface area contributed by atoms with Crippen molar-refractivity contribution in [1.29, 1.82) is 0 Å². The maximum Gasteiger partial charge on any atom is 0.0420 e. The third-order valence-electron chi connectivity index (χ3n) is 2.85. The van der Waals surface area contributed by atoms with Gasteiger partial charge < -0.3 is 0 Å². The van der Waals surface area contributed by atoms with Crippen molar-refractivity contribution in [3.8, 4) is 0 Å². The number of rotatable bonds is 5. The fourth-order valence-electron chi connectivity index (χ4n) is 1.92. The summed E-state index contributed by atoms with van der Waals surface area (Å²) in [5.74, 6) is 5.62. The molecule has 0 spiro atoms. The first kappa shape index (κ1) is 14.5. The maximum atomic E-state index is 5.98. The molecule has 2 aromatic rings. The van der Waals surface area contributed by atoms with Gasteiger partial charge in [0, 0.05) is 33.8 Å². The van der Waals surface area contributed by atoms with E-state index in [0.29, 0.717) is 0 Å². The van der Waals surface area contributed by atoms with Crippen molar-refractivity contribution in [2.45, 2.75) is 18.9 Å². The van der Waals surface area contributed by atoms with Crippen molar-refractivity contribution in [1.82, 2.24) is 10.4 Å². The van der Waals surface area contributed by atoms with Crippen molar-refractivity contribution >= 4 is 27.5 Å². The van der Waals surface area contributed by atoms with E-state index in [4.69, 9.17) is 17.4 Å². The zero-order chi connectivity index (χ0) is 13.7. The van der Waals surface area contributed by atoms with E-state index in [2.05, 4.69) is 26.3 Å². The van der Waals surface area contributed by atoms with Gasteiger partial charge in [0.15, 0.2) is 0 Å². The van der Waals surface area contributed by atoms with Gasteiger partial charge in [-0.05, 0) is 52.2 Å². The van der Waals surface area contributed by atoms with Crippen LogP contribution in [0.15, 0.2) is 47.1 Å². The summed E-state index contributed by atoms with van der Waals surface area (Å²) in [6.45, 7) is 0. The Morgan fingerprint density at radius 3 is 2.74 bits per heavy atom. The Bertz CT molecular complexity index is 530. The van der Waals surface area contributed by atoms with Crippen molar-refractivity contribution in [2.75, 3.05) is 0 Å². The smallest absolute Gasteiger partial charge is 0.0420 e. The van der Waals surface area contributed by atoms with Gasteiger partial charge in [0.05, 0.1) is 0 Å². The number of nitrogens with zero attached hydrogens (tertiary/aromatic N) is 1. The lowest BCUT2D eigenvalue weighted by atomic mass is 10.0. The second kappa shape index (κ2) is 7.01. The van der Waals surface area contributed by atoms with Crippen LogP contribution in [-0.4, -0.2) is 11.0 Å². The molecule has 0 saturated carbocycles. The minimum absolute atomic E-state index is 0.132. The van der Waals surface area contributed by atoms with Crippen LogP contribution in [0, 0.1) is 0 Å². The van der Waals surface area contributed by atoms with Crippen LogP contribution >= 0.6 is 27.5 Å². The van der Waals surface area contributed by atoms with Crippen LogP contribution in [0.25, 0.3) is 0 Å². The summed E-state index contributed by atoms with van der Waals surface area (Å²) in [6.07, 6.45) is 3.38. The number of aromatic nitrogens is 1. The molecule has 1 unspecified atom stereocenters. The van der Waals surface area contributed by atoms with Crippen LogP contribution in [-0.2, 0) is 12.8 Å². The number of nitrogens with one attached hydrogen (secondary N) is 1. The SMILES string of the molecule is NNC(Cc1cccc(Cl)c1)Cc1ccc(Br)cn1. The minimum Gasteiger partial charge on any atom is -0.271 e. The molecule has 2 rings (SSSR count). The van der Waals surface area contributed by atoms with Crippen LogP contribution < -0.4 is 11.3 Å². The van der Waals surface area contributed by atoms with E-state index in [9.17, 15) is 0 Å². The van der Waals surface area contributed by atoms with Gasteiger partial charge >= 0.3 is 0 Å². The lowest BCUT2D eigenvalue weighted by Crippen LogP contribution is -2.38. The zero-order valence-corrected chi connectivity index (χ0v) is 12.7. The summed E-state index contributed by atoms with van der Waals surface area (Å²) in [5.41, 5.74) is 5.01. The molecule has 0 saturated heterocycles. The number of pyridine rings is 1. The van der Waals surface area contributed by atoms with Crippen LogP contribution in [0.1, 0.15) is 11.3 Å². The quantitative estimate of drug-likeness (QED) is 0.649. The summed E-state index contributed by atoms with van der Waals surface area (Å²) in [7, 11) is 0. The second-order valence-corrected chi connectivity index (χ2v) is 5.72. The zero-order valence-electron chi connectivity index (χ0n) is 10.3. The molecule has 0 fully saturated rings. The third-order valence-corrected chi connectivity index (χ3v) is 3.56. The molecular weight excluding hydrogens is 326 g/mol. The van der Waals surface area contributed by atoms with E-state index in [-0.39, 0.29) is 6.04 Å². The van der Waals surface area contributed by atoms with Gasteiger partial charge in [0.2, 0.25) is 0 Å². The largest absolute Gasteiger partial charge is 0.271 e. The summed E-state index contributed by atoms with van der Waals surface area (Å²) < 4.78 is 0.975. The van der Waals surface area contributed by atoms with Crippen molar-refractivity contribution in [3.05, 3.63) is 63.3 Å². The first-order valence-corrected chi connectivity index (χ1v) is 7.15. The number of hydrogen-bond donors (Lipinski definition) is 2. The molecule has 3 N–H and O–H groups in total. The monoisotopic (exact) mass is 339 g/mol. The van der Waals surface area contributed by atoms with Crippen LogP contribution in [0.5, 0.6) is 0 Å². The van der Waals surface area contributed by atoms with Gasteiger partial charge in [-0.2, -0.15) is 0 Å². The summed E-state index contributed by atoms with van der Waals surface area (Å²) in [4.78, 5) is 4.36. The molecule has 19 heavy (non-hydrogen) atoms. The molecular formula is C14H15BrClN3. The average Bonchev–Trinajstić information content (AvgIpc) is 2.40. The fourth-order valence-corrected chi connectivity index (χ4v) is 2.37. The maximum absolute atomic E-state index is 5.98. The molecule has 1 atom stereocenters. The Kier molecular flexibility index (Phi) is 5.34. The van der Waals surface area contributed by atoms with E-state index >= 15 is 0 Å². The highest BCUT2D eigenvalue weighted by atomic mass is 79.9. The fraction of sp³-hybridized carbons (Fsp3) is 0.214. The highest BCUT2D eigenvalue weighted by Gasteiger charge is 2.10. The van der Waals surface area contributed by atoms with Crippen molar-refractivity contribution in [2.24, 2.45) is 5.84 Å². The lowest BCUT2D eigenvalue weighted by Gasteiger charge is -2.15. The molecule has 1 heterocycles. The molecule has 1 aromatic heterocycles. The normalized spacial score (nSPS) is 12.4. The predicted molar refractivity (Wildman–Crippen MR) is 81.9 cm³/mol. The van der Waals surface area contributed by atoms with Gasteiger partial charge in [-0.15, -0.1) is 0 Å². The van der Waals surface area contributed by atoms with E-state index in [1.807, 2.05) is 36.4 Å². The second-order valence-electron chi connectivity index (χ2n) is 4.37. The van der Waals surface area contributed by atoms with Gasteiger partial charge in [-0.3, -0.25) is 16.3 Å². The third kappa shape index (κ3) is 4.58. The van der Waals surface area contributed by atoms with Crippen molar-refractivity contribution < 1.29 is 0 Å². The Morgan fingerprint density at radius 2 is 2.11 bits per heavy atom. The van der Waals surface area contributed by atoms with Gasteiger partial charge in [-0.25, -0.2) is 0 Å². The lowest BCUT2D eigenvalue weighted by molar-refractivity contribution is 0.517. The molecule has 0 aliphatic heterocycles. The highest BCUT2D eigenvalue weighted by Crippen LogP contribution is 2.14. The molecule has 0 radical (unpaired) electrons.